The fourth-order valence-electron chi connectivity index (χ4n) is 4.00. The zero-order valence-corrected chi connectivity index (χ0v) is 23.2. The summed E-state index contributed by atoms with van der Waals surface area (Å²) in [4.78, 5) is 43.2. The molecule has 2 heterocycles. The van der Waals surface area contributed by atoms with Crippen molar-refractivity contribution in [2.45, 2.75) is 53.0 Å². The predicted molar refractivity (Wildman–Crippen MR) is 144 cm³/mol. The number of amides is 1. The van der Waals surface area contributed by atoms with Gasteiger partial charge in [0.25, 0.3) is 0 Å². The third kappa shape index (κ3) is 6.46. The summed E-state index contributed by atoms with van der Waals surface area (Å²) < 4.78 is 4.79. The molecule has 36 heavy (non-hydrogen) atoms. The highest BCUT2D eigenvalue weighted by Crippen LogP contribution is 2.29. The van der Waals surface area contributed by atoms with Crippen molar-refractivity contribution in [1.29, 1.82) is 5.41 Å². The lowest BCUT2D eigenvalue weighted by atomic mass is 9.82. The molecule has 1 aliphatic heterocycles. The van der Waals surface area contributed by atoms with Gasteiger partial charge in [0.2, 0.25) is 5.91 Å². The fraction of sp³-hybridized carbons (Fsp3) is 0.370. The van der Waals surface area contributed by atoms with Gasteiger partial charge < -0.3 is 15.0 Å². The molecule has 9 heteroatoms. The van der Waals surface area contributed by atoms with E-state index in [9.17, 15) is 14.4 Å². The molecule has 0 unspecified atom stereocenters. The van der Waals surface area contributed by atoms with E-state index in [0.29, 0.717) is 23.4 Å². The minimum absolute atomic E-state index is 0. The Morgan fingerprint density at radius 3 is 2.47 bits per heavy atom. The number of benzene rings is 1. The van der Waals surface area contributed by atoms with E-state index in [1.807, 2.05) is 45.9 Å². The maximum Gasteiger partial charge on any atom is 0.354 e. The van der Waals surface area contributed by atoms with Crippen LogP contribution in [0.3, 0.4) is 0 Å². The van der Waals surface area contributed by atoms with Gasteiger partial charge in [-0.1, -0.05) is 45.9 Å². The zero-order chi connectivity index (χ0) is 25.9. The molecule has 3 rings (SSSR count). The van der Waals surface area contributed by atoms with Gasteiger partial charge in [0.05, 0.1) is 13.7 Å². The summed E-state index contributed by atoms with van der Waals surface area (Å²) in [5.74, 6) is -0.904. The lowest BCUT2D eigenvalue weighted by Crippen LogP contribution is -2.30. The number of carbonyl (C=O) groups is 3. The van der Waals surface area contributed by atoms with Crippen molar-refractivity contribution in [3.05, 3.63) is 69.7 Å². The fourth-order valence-corrected chi connectivity index (χ4v) is 4.00. The van der Waals surface area contributed by atoms with Crippen molar-refractivity contribution in [2.75, 3.05) is 13.7 Å². The maximum atomic E-state index is 13.2. The average molecular weight is 557 g/mol. The van der Waals surface area contributed by atoms with Crippen molar-refractivity contribution in [3.63, 3.8) is 0 Å². The number of rotatable bonds is 7. The van der Waals surface area contributed by atoms with Crippen LogP contribution in [0.5, 0.6) is 0 Å². The molecule has 0 atom stereocenters. The second kappa shape index (κ2) is 11.6. The smallest absolute Gasteiger partial charge is 0.354 e. The number of amidine groups is 1. The molecule has 1 aromatic carbocycles. The molecule has 2 N–H and O–H groups in total. The van der Waals surface area contributed by atoms with Crippen molar-refractivity contribution in [2.24, 2.45) is 0 Å². The van der Waals surface area contributed by atoms with Crippen LogP contribution in [0.1, 0.15) is 73.1 Å². The van der Waals surface area contributed by atoms with Gasteiger partial charge in [0.15, 0.2) is 5.78 Å². The van der Waals surface area contributed by atoms with E-state index in [1.54, 1.807) is 23.1 Å². The first-order valence-electron chi connectivity index (χ1n) is 11.5. The first-order valence-corrected chi connectivity index (χ1v) is 11.5. The number of pyridine rings is 1. The molecule has 0 radical (unpaired) electrons. The Bertz CT molecular complexity index is 1230. The van der Waals surface area contributed by atoms with E-state index in [0.717, 1.165) is 23.2 Å². The highest BCUT2D eigenvalue weighted by Gasteiger charge is 2.28. The molecule has 1 aliphatic rings. The van der Waals surface area contributed by atoms with Crippen LogP contribution < -0.4 is 5.32 Å². The van der Waals surface area contributed by atoms with Crippen LogP contribution in [-0.4, -0.2) is 47.0 Å². The van der Waals surface area contributed by atoms with Gasteiger partial charge in [-0.25, -0.2) is 9.78 Å². The molecule has 0 aliphatic carbocycles. The van der Waals surface area contributed by atoms with Crippen LogP contribution in [0.15, 0.2) is 36.0 Å². The van der Waals surface area contributed by atoms with Gasteiger partial charge in [0.1, 0.15) is 17.2 Å². The number of nitrogens with one attached hydrogen (secondary N) is 2. The van der Waals surface area contributed by atoms with Gasteiger partial charge in [-0.15, -0.1) is 17.0 Å². The SMILES string of the molecule is Br.CCc1ccc2c(n1)C(=N)N(CC(=O)c1ccc(C=C(NC(C)=O)C(=O)OC)c(C(C)(C)C)c1)C2. The Hall–Kier alpha value is -3.33. The third-order valence-corrected chi connectivity index (χ3v) is 5.83. The van der Waals surface area contributed by atoms with Crippen LogP contribution in [-0.2, 0) is 32.7 Å². The summed E-state index contributed by atoms with van der Waals surface area (Å²) in [6.45, 7) is 9.90. The lowest BCUT2D eigenvalue weighted by molar-refractivity contribution is -0.137. The number of hydrogen-bond donors (Lipinski definition) is 2. The maximum absolute atomic E-state index is 13.2. The molecule has 0 fully saturated rings. The predicted octanol–water partition coefficient (Wildman–Crippen LogP) is 4.19. The molecule has 0 saturated carbocycles. The van der Waals surface area contributed by atoms with E-state index >= 15 is 0 Å². The Labute approximate surface area is 222 Å². The van der Waals surface area contributed by atoms with Crippen molar-refractivity contribution in [1.82, 2.24) is 15.2 Å². The molecular weight excluding hydrogens is 524 g/mol. The number of Topliss-reactive ketones (excluding diaryl/α,β-unsaturated/α-hetero) is 1. The van der Waals surface area contributed by atoms with Gasteiger partial charge in [-0.05, 0) is 41.2 Å². The summed E-state index contributed by atoms with van der Waals surface area (Å²) in [5, 5.41) is 11.0. The highest BCUT2D eigenvalue weighted by molar-refractivity contribution is 8.93. The molecule has 2 aromatic rings. The van der Waals surface area contributed by atoms with E-state index in [2.05, 4.69) is 10.3 Å². The highest BCUT2D eigenvalue weighted by atomic mass is 79.9. The summed E-state index contributed by atoms with van der Waals surface area (Å²) in [5.41, 5.74) is 4.22. The Balaban J connectivity index is 0.00000456. The number of hydrogen-bond acceptors (Lipinski definition) is 6. The number of methoxy groups -OCH3 is 1. The first kappa shape index (κ1) is 28.9. The number of esters is 1. The molecule has 1 amide bonds. The van der Waals surface area contributed by atoms with Crippen molar-refractivity contribution in [3.8, 4) is 0 Å². The van der Waals surface area contributed by atoms with Gasteiger partial charge in [-0.3, -0.25) is 15.0 Å². The van der Waals surface area contributed by atoms with Crippen LogP contribution in [0.2, 0.25) is 0 Å². The molecule has 1 aromatic heterocycles. The first-order chi connectivity index (χ1) is 16.4. The Morgan fingerprint density at radius 2 is 1.89 bits per heavy atom. The minimum atomic E-state index is -0.660. The number of ketones is 1. The molecule has 8 nitrogen and oxygen atoms in total. The number of nitrogens with zero attached hydrogens (tertiary/aromatic N) is 2. The quantitative estimate of drug-likeness (QED) is 0.300. The molecule has 0 saturated heterocycles. The standard InChI is InChI=1S/C27H32N4O4.BrH/c1-7-20-11-10-19-14-31(25(28)24(19)30-20)15-23(33)18-9-8-17(21(12-18)27(3,4)5)13-22(26(34)35-6)29-16(2)32;/h8-13,28H,7,14-15H2,1-6H3,(H,29,32);1H. The van der Waals surface area contributed by atoms with E-state index < -0.39 is 5.97 Å². The van der Waals surface area contributed by atoms with Crippen LogP contribution in [0, 0.1) is 5.41 Å². The average Bonchev–Trinajstić information content (AvgIpc) is 3.11. The number of aromatic nitrogens is 1. The summed E-state index contributed by atoms with van der Waals surface area (Å²) >= 11 is 0. The monoisotopic (exact) mass is 556 g/mol. The normalized spacial score (nSPS) is 13.1. The molecule has 192 valence electrons. The number of fused-ring (bicyclic) bond motifs is 1. The molecular formula is C27H33BrN4O4. The van der Waals surface area contributed by atoms with E-state index in [1.165, 1.54) is 14.0 Å². The van der Waals surface area contributed by atoms with Gasteiger partial charge >= 0.3 is 5.97 Å². The molecule has 0 spiro atoms. The van der Waals surface area contributed by atoms with Gasteiger partial charge in [0, 0.05) is 30.3 Å². The Kier molecular flexibility index (Phi) is 9.32. The van der Waals surface area contributed by atoms with Crippen LogP contribution in [0.4, 0.5) is 0 Å². The van der Waals surface area contributed by atoms with E-state index in [4.69, 9.17) is 10.1 Å². The lowest BCUT2D eigenvalue weighted by Gasteiger charge is -2.23. The summed E-state index contributed by atoms with van der Waals surface area (Å²) in [7, 11) is 1.25. The van der Waals surface area contributed by atoms with Crippen LogP contribution in [0.25, 0.3) is 6.08 Å². The third-order valence-electron chi connectivity index (χ3n) is 5.83. The minimum Gasteiger partial charge on any atom is -0.464 e. The summed E-state index contributed by atoms with van der Waals surface area (Å²) in [6.07, 6.45) is 2.35. The van der Waals surface area contributed by atoms with Crippen LogP contribution >= 0.6 is 17.0 Å². The summed E-state index contributed by atoms with van der Waals surface area (Å²) in [6, 6.07) is 9.22. The molecule has 0 bridgehead atoms. The van der Waals surface area contributed by atoms with Gasteiger partial charge in [-0.2, -0.15) is 0 Å². The van der Waals surface area contributed by atoms with Crippen molar-refractivity contribution >= 4 is 46.6 Å². The second-order valence-electron chi connectivity index (χ2n) is 9.57. The topological polar surface area (TPSA) is 112 Å². The zero-order valence-electron chi connectivity index (χ0n) is 21.5. The number of ether oxygens (including phenoxy) is 1. The van der Waals surface area contributed by atoms with E-state index in [-0.39, 0.29) is 52.2 Å². The largest absolute Gasteiger partial charge is 0.464 e. The number of aryl methyl sites for hydroxylation is 1. The number of halogens is 1. The second-order valence-corrected chi connectivity index (χ2v) is 9.57. The number of carbonyl (C=O) groups excluding carboxylic acids is 3. The Morgan fingerprint density at radius 1 is 1.19 bits per heavy atom. The van der Waals surface area contributed by atoms with Crippen molar-refractivity contribution < 1.29 is 19.1 Å².